The number of ether oxygens (including phenoxy) is 2. The van der Waals surface area contributed by atoms with Crippen LogP contribution in [-0.2, 0) is 6.42 Å². The summed E-state index contributed by atoms with van der Waals surface area (Å²) in [5.74, 6) is 0.311. The predicted molar refractivity (Wildman–Crippen MR) is 144 cm³/mol. The molecule has 0 atom stereocenters. The van der Waals surface area contributed by atoms with Crippen molar-refractivity contribution in [3.05, 3.63) is 81.7 Å². The summed E-state index contributed by atoms with van der Waals surface area (Å²) in [6.45, 7) is 3.51. The van der Waals surface area contributed by atoms with Gasteiger partial charge in [0.05, 0.1) is 31.7 Å². The third-order valence-corrected chi connectivity index (χ3v) is 6.85. The Morgan fingerprint density at radius 1 is 1.11 bits per heavy atom. The van der Waals surface area contributed by atoms with E-state index in [-0.39, 0.29) is 10.5 Å². The Morgan fingerprint density at radius 3 is 2.64 bits per heavy atom. The first-order valence-corrected chi connectivity index (χ1v) is 12.8. The molecule has 188 valence electrons. The number of hydrogen-bond donors (Lipinski definition) is 3. The van der Waals surface area contributed by atoms with Gasteiger partial charge < -0.3 is 24.9 Å². The lowest BCUT2D eigenvalue weighted by atomic mass is 10.1. The van der Waals surface area contributed by atoms with E-state index in [0.29, 0.717) is 39.8 Å². The zero-order valence-electron chi connectivity index (χ0n) is 19.4. The van der Waals surface area contributed by atoms with Crippen LogP contribution in [0.1, 0.15) is 29.3 Å². The standard InChI is InChI=1S/C15H10Cl2FN3OS.C11H14O2/c16-8-4-5-10(14-12(8)9(17)6-20-14)21-23-11-3-1-2-7(13(11)18)15(19)22;1-2-3-9-4-5-10-11(8-9)13-7-6-12-10/h1-6,20-21H,(H2,19,22);4-5,8H,2-3,6-7H2,1H3. The molecule has 0 fully saturated rings. The number of H-pyrrole nitrogens is 1. The molecule has 3 aromatic carbocycles. The first-order valence-electron chi connectivity index (χ1n) is 11.2. The number of benzene rings is 3. The van der Waals surface area contributed by atoms with Crippen LogP contribution in [0.2, 0.25) is 10.0 Å². The van der Waals surface area contributed by atoms with E-state index in [1.54, 1.807) is 30.5 Å². The van der Waals surface area contributed by atoms with Gasteiger partial charge in [0.15, 0.2) is 17.3 Å². The summed E-state index contributed by atoms with van der Waals surface area (Å²) >= 11 is 13.2. The van der Waals surface area contributed by atoms with Gasteiger partial charge in [-0.25, -0.2) is 4.39 Å². The number of halogens is 3. The molecule has 0 saturated carbocycles. The van der Waals surface area contributed by atoms with E-state index >= 15 is 0 Å². The number of amides is 1. The summed E-state index contributed by atoms with van der Waals surface area (Å²) in [6.07, 6.45) is 3.90. The van der Waals surface area contributed by atoms with Crippen molar-refractivity contribution in [1.82, 2.24) is 4.98 Å². The molecule has 0 aliphatic carbocycles. The number of fused-ring (bicyclic) bond motifs is 2. The molecule has 0 saturated heterocycles. The Morgan fingerprint density at radius 2 is 1.89 bits per heavy atom. The molecule has 2 heterocycles. The molecule has 10 heteroatoms. The lowest BCUT2D eigenvalue weighted by Crippen LogP contribution is -2.15. The summed E-state index contributed by atoms with van der Waals surface area (Å²) in [5, 5.41) is 1.70. The van der Waals surface area contributed by atoms with Gasteiger partial charge in [-0.1, -0.05) is 48.7 Å². The fourth-order valence-electron chi connectivity index (χ4n) is 3.68. The molecule has 4 N–H and O–H groups in total. The smallest absolute Gasteiger partial charge is 0.251 e. The van der Waals surface area contributed by atoms with E-state index in [1.807, 2.05) is 6.07 Å². The highest BCUT2D eigenvalue weighted by Crippen LogP contribution is 2.36. The van der Waals surface area contributed by atoms with Crippen molar-refractivity contribution >= 4 is 57.6 Å². The van der Waals surface area contributed by atoms with Crippen molar-refractivity contribution < 1.29 is 18.7 Å². The summed E-state index contributed by atoms with van der Waals surface area (Å²) in [6, 6.07) is 14.1. The van der Waals surface area contributed by atoms with Crippen molar-refractivity contribution in [3.8, 4) is 11.5 Å². The monoisotopic (exact) mass is 547 g/mol. The third-order valence-electron chi connectivity index (χ3n) is 5.38. The number of primary amides is 1. The van der Waals surface area contributed by atoms with Gasteiger partial charge in [0.2, 0.25) is 0 Å². The molecular formula is C26H24Cl2FN3O3S. The number of aromatic nitrogens is 1. The van der Waals surface area contributed by atoms with E-state index < -0.39 is 11.7 Å². The van der Waals surface area contributed by atoms with Crippen LogP contribution >= 0.6 is 35.1 Å². The second-order valence-electron chi connectivity index (χ2n) is 7.90. The Kier molecular flexibility index (Phi) is 8.51. The number of nitrogens with two attached hydrogens (primary N) is 1. The molecule has 1 aliphatic heterocycles. The number of aryl methyl sites for hydroxylation is 1. The average molecular weight is 548 g/mol. The number of anilines is 1. The second kappa shape index (κ2) is 11.8. The molecule has 36 heavy (non-hydrogen) atoms. The summed E-state index contributed by atoms with van der Waals surface area (Å²) in [4.78, 5) is 14.5. The summed E-state index contributed by atoms with van der Waals surface area (Å²) < 4.78 is 28.1. The molecule has 1 amide bonds. The van der Waals surface area contributed by atoms with E-state index in [0.717, 1.165) is 29.9 Å². The van der Waals surface area contributed by atoms with Gasteiger partial charge in [0, 0.05) is 11.6 Å². The summed E-state index contributed by atoms with van der Waals surface area (Å²) in [7, 11) is 0. The van der Waals surface area contributed by atoms with Crippen LogP contribution in [0, 0.1) is 5.82 Å². The lowest BCUT2D eigenvalue weighted by Gasteiger charge is -2.18. The quantitative estimate of drug-likeness (QED) is 0.221. The zero-order chi connectivity index (χ0) is 25.7. The highest BCUT2D eigenvalue weighted by atomic mass is 35.5. The Labute approximate surface area is 222 Å². The number of hydrogen-bond acceptors (Lipinski definition) is 5. The highest BCUT2D eigenvalue weighted by Gasteiger charge is 2.15. The van der Waals surface area contributed by atoms with Gasteiger partial charge >= 0.3 is 0 Å². The molecule has 5 rings (SSSR count). The highest BCUT2D eigenvalue weighted by molar-refractivity contribution is 8.00. The predicted octanol–water partition coefficient (Wildman–Crippen LogP) is 7.24. The molecule has 1 aromatic heterocycles. The first-order chi connectivity index (χ1) is 17.4. The normalized spacial score (nSPS) is 12.1. The lowest BCUT2D eigenvalue weighted by molar-refractivity contribution is 0.0996. The van der Waals surface area contributed by atoms with Gasteiger partial charge in [0.25, 0.3) is 5.91 Å². The molecule has 6 nitrogen and oxygen atoms in total. The van der Waals surface area contributed by atoms with Crippen LogP contribution in [0.3, 0.4) is 0 Å². The van der Waals surface area contributed by atoms with Crippen molar-refractivity contribution in [2.75, 3.05) is 17.9 Å². The van der Waals surface area contributed by atoms with E-state index in [9.17, 15) is 9.18 Å². The maximum Gasteiger partial charge on any atom is 0.251 e. The third kappa shape index (κ3) is 5.83. The van der Waals surface area contributed by atoms with Crippen LogP contribution < -0.4 is 19.9 Å². The van der Waals surface area contributed by atoms with Crippen LogP contribution in [0.5, 0.6) is 11.5 Å². The fraction of sp³-hybridized carbons (Fsp3) is 0.192. The molecule has 0 bridgehead atoms. The minimum Gasteiger partial charge on any atom is -0.486 e. The number of nitrogens with one attached hydrogen (secondary N) is 2. The molecule has 1 aliphatic rings. The van der Waals surface area contributed by atoms with Crippen LogP contribution in [0.15, 0.2) is 59.6 Å². The first kappa shape index (κ1) is 26.0. The number of carbonyl (C=O) groups excluding carboxylic acids is 1. The number of aromatic amines is 1. The van der Waals surface area contributed by atoms with E-state index in [4.69, 9.17) is 38.4 Å². The molecule has 0 unspecified atom stereocenters. The Hall–Kier alpha value is -3.07. The van der Waals surface area contributed by atoms with Gasteiger partial charge in [-0.15, -0.1) is 0 Å². The molecular weight excluding hydrogens is 524 g/mol. The Balaban J connectivity index is 0.000000197. The van der Waals surface area contributed by atoms with Crippen LogP contribution in [0.25, 0.3) is 10.9 Å². The van der Waals surface area contributed by atoms with E-state index in [2.05, 4.69) is 28.8 Å². The van der Waals surface area contributed by atoms with Crippen molar-refractivity contribution in [3.63, 3.8) is 0 Å². The van der Waals surface area contributed by atoms with Crippen LogP contribution in [0.4, 0.5) is 10.1 Å². The van der Waals surface area contributed by atoms with E-state index in [1.165, 1.54) is 18.1 Å². The fourth-order valence-corrected chi connectivity index (χ4v) is 4.97. The zero-order valence-corrected chi connectivity index (χ0v) is 21.7. The average Bonchev–Trinajstić information content (AvgIpc) is 3.27. The number of carbonyl (C=O) groups is 1. The SMILES string of the molecule is CCCc1ccc2c(c1)OCCO2.NC(=O)c1cccc(SNc2ccc(Cl)c3c(Cl)c[nH]c23)c1F. The molecule has 0 radical (unpaired) electrons. The minimum absolute atomic E-state index is 0.152. The van der Waals surface area contributed by atoms with Crippen molar-refractivity contribution in [1.29, 1.82) is 0 Å². The topological polar surface area (TPSA) is 89.4 Å². The van der Waals surface area contributed by atoms with Gasteiger partial charge in [-0.05, 0) is 60.3 Å². The minimum atomic E-state index is -0.810. The maximum atomic E-state index is 14.2. The molecule has 4 aromatic rings. The molecule has 0 spiro atoms. The second-order valence-corrected chi connectivity index (χ2v) is 9.56. The van der Waals surface area contributed by atoms with Gasteiger partial charge in [-0.2, -0.15) is 0 Å². The maximum absolute atomic E-state index is 14.2. The van der Waals surface area contributed by atoms with Gasteiger partial charge in [0.1, 0.15) is 13.2 Å². The largest absolute Gasteiger partial charge is 0.486 e. The number of rotatable bonds is 6. The van der Waals surface area contributed by atoms with Gasteiger partial charge in [-0.3, -0.25) is 4.79 Å². The van der Waals surface area contributed by atoms with Crippen molar-refractivity contribution in [2.24, 2.45) is 5.73 Å². The van der Waals surface area contributed by atoms with Crippen LogP contribution in [-0.4, -0.2) is 24.1 Å². The van der Waals surface area contributed by atoms with Crippen molar-refractivity contribution in [2.45, 2.75) is 24.7 Å². The Bertz CT molecular complexity index is 1400. The summed E-state index contributed by atoms with van der Waals surface area (Å²) in [5.41, 5.74) is 7.71.